The van der Waals surface area contributed by atoms with Crippen molar-refractivity contribution in [2.45, 2.75) is 59.7 Å². The third kappa shape index (κ3) is 3.84. The highest BCUT2D eigenvalue weighted by Crippen LogP contribution is 2.26. The van der Waals surface area contributed by atoms with Gasteiger partial charge in [-0.1, -0.05) is 6.92 Å². The molecule has 1 saturated heterocycles. The van der Waals surface area contributed by atoms with Crippen molar-refractivity contribution in [1.82, 2.24) is 9.97 Å². The molecule has 0 radical (unpaired) electrons. The second kappa shape index (κ2) is 7.07. The Morgan fingerprint density at radius 3 is 2.43 bits per heavy atom. The molecule has 5 nitrogen and oxygen atoms in total. The normalized spacial score (nSPS) is 22.4. The molecule has 2 rings (SSSR count). The fourth-order valence-corrected chi connectivity index (χ4v) is 2.88. The van der Waals surface area contributed by atoms with E-state index in [2.05, 4.69) is 49.8 Å². The van der Waals surface area contributed by atoms with Crippen molar-refractivity contribution in [3.05, 3.63) is 11.4 Å². The molecule has 0 saturated carbocycles. The summed E-state index contributed by atoms with van der Waals surface area (Å²) < 4.78 is 5.83. The van der Waals surface area contributed by atoms with E-state index in [4.69, 9.17) is 9.72 Å². The predicted octanol–water partition coefficient (Wildman–Crippen LogP) is 2.78. The summed E-state index contributed by atoms with van der Waals surface area (Å²) >= 11 is 0. The highest BCUT2D eigenvalue weighted by molar-refractivity contribution is 5.59. The fraction of sp³-hybridized carbons (Fsp3) is 0.750. The van der Waals surface area contributed by atoms with Gasteiger partial charge in [0.2, 0.25) is 0 Å². The largest absolute Gasteiger partial charge is 0.372 e. The SMILES string of the molecule is CCCc1nc(NCC)c(C)c(N2C[C@@H](C)O[C@@H](C)C2)n1. The molecule has 0 spiro atoms. The molecule has 5 heteroatoms. The zero-order chi connectivity index (χ0) is 15.4. The van der Waals surface area contributed by atoms with E-state index in [1.54, 1.807) is 0 Å². The lowest BCUT2D eigenvalue weighted by Crippen LogP contribution is -2.46. The van der Waals surface area contributed by atoms with Crippen LogP contribution in [0.3, 0.4) is 0 Å². The first-order chi connectivity index (χ1) is 10.0. The number of hydrogen-bond acceptors (Lipinski definition) is 5. The number of nitrogens with zero attached hydrogens (tertiary/aromatic N) is 3. The van der Waals surface area contributed by atoms with Gasteiger partial charge in [-0.3, -0.25) is 0 Å². The molecule has 118 valence electrons. The molecule has 2 heterocycles. The van der Waals surface area contributed by atoms with E-state index >= 15 is 0 Å². The monoisotopic (exact) mass is 292 g/mol. The lowest BCUT2D eigenvalue weighted by Gasteiger charge is -2.37. The Kier molecular flexibility index (Phi) is 5.39. The highest BCUT2D eigenvalue weighted by Gasteiger charge is 2.25. The molecule has 0 aliphatic carbocycles. The van der Waals surface area contributed by atoms with E-state index in [9.17, 15) is 0 Å². The molecule has 0 unspecified atom stereocenters. The van der Waals surface area contributed by atoms with Gasteiger partial charge in [0.25, 0.3) is 0 Å². The van der Waals surface area contributed by atoms with Gasteiger partial charge in [0.15, 0.2) is 0 Å². The summed E-state index contributed by atoms with van der Waals surface area (Å²) in [4.78, 5) is 11.8. The van der Waals surface area contributed by atoms with Crippen molar-refractivity contribution < 1.29 is 4.74 Å². The molecule has 0 aromatic carbocycles. The van der Waals surface area contributed by atoms with Gasteiger partial charge in [0.1, 0.15) is 17.5 Å². The van der Waals surface area contributed by atoms with Crippen LogP contribution in [0, 0.1) is 6.92 Å². The molecule has 2 atom stereocenters. The second-order valence-electron chi connectivity index (χ2n) is 5.88. The molecule has 21 heavy (non-hydrogen) atoms. The van der Waals surface area contributed by atoms with Gasteiger partial charge in [-0.25, -0.2) is 9.97 Å². The molecule has 1 aliphatic heterocycles. The number of ether oxygens (including phenoxy) is 1. The van der Waals surface area contributed by atoms with Crippen molar-refractivity contribution >= 4 is 11.6 Å². The van der Waals surface area contributed by atoms with Crippen LogP contribution in [0.4, 0.5) is 11.6 Å². The molecule has 1 N–H and O–H groups in total. The minimum atomic E-state index is 0.236. The lowest BCUT2D eigenvalue weighted by atomic mass is 10.2. The minimum Gasteiger partial charge on any atom is -0.372 e. The average molecular weight is 292 g/mol. The maximum absolute atomic E-state index is 5.83. The second-order valence-corrected chi connectivity index (χ2v) is 5.88. The maximum atomic E-state index is 5.83. The van der Waals surface area contributed by atoms with E-state index in [-0.39, 0.29) is 12.2 Å². The van der Waals surface area contributed by atoms with Crippen LogP contribution in [-0.4, -0.2) is 41.8 Å². The summed E-state index contributed by atoms with van der Waals surface area (Å²) in [6, 6.07) is 0. The number of aromatic nitrogens is 2. The van der Waals surface area contributed by atoms with Gasteiger partial charge in [-0.2, -0.15) is 0 Å². The van der Waals surface area contributed by atoms with E-state index in [1.807, 2.05) is 0 Å². The Balaban J connectivity index is 2.35. The van der Waals surface area contributed by atoms with Gasteiger partial charge in [0, 0.05) is 31.6 Å². The number of nitrogens with one attached hydrogen (secondary N) is 1. The van der Waals surface area contributed by atoms with E-state index < -0.39 is 0 Å². The molecular weight excluding hydrogens is 264 g/mol. The van der Waals surface area contributed by atoms with Gasteiger partial charge < -0.3 is 15.0 Å². The quantitative estimate of drug-likeness (QED) is 0.904. The summed E-state index contributed by atoms with van der Waals surface area (Å²) in [7, 11) is 0. The zero-order valence-electron chi connectivity index (χ0n) is 13.9. The minimum absolute atomic E-state index is 0.236. The van der Waals surface area contributed by atoms with Crippen LogP contribution in [0.2, 0.25) is 0 Å². The van der Waals surface area contributed by atoms with E-state index in [1.165, 1.54) is 0 Å². The molecule has 0 bridgehead atoms. The van der Waals surface area contributed by atoms with Crippen molar-refractivity contribution in [3.8, 4) is 0 Å². The Morgan fingerprint density at radius 2 is 1.86 bits per heavy atom. The number of hydrogen-bond donors (Lipinski definition) is 1. The Morgan fingerprint density at radius 1 is 1.19 bits per heavy atom. The molecule has 0 amide bonds. The van der Waals surface area contributed by atoms with Crippen LogP contribution in [0.25, 0.3) is 0 Å². The Hall–Kier alpha value is -1.36. The molecule has 1 fully saturated rings. The standard InChI is InChI=1S/C16H28N4O/c1-6-8-14-18-15(17-7-2)13(5)16(19-14)20-9-11(3)21-12(4)10-20/h11-12H,6-10H2,1-5H3,(H,17,18,19)/t11-,12+. The number of rotatable bonds is 5. The maximum Gasteiger partial charge on any atom is 0.137 e. The first-order valence-corrected chi connectivity index (χ1v) is 8.06. The van der Waals surface area contributed by atoms with Crippen LogP contribution in [0.15, 0.2) is 0 Å². The fourth-order valence-electron chi connectivity index (χ4n) is 2.88. The van der Waals surface area contributed by atoms with Crippen LogP contribution in [0.5, 0.6) is 0 Å². The lowest BCUT2D eigenvalue weighted by molar-refractivity contribution is -0.00550. The third-order valence-corrected chi connectivity index (χ3v) is 3.70. The first-order valence-electron chi connectivity index (χ1n) is 8.06. The van der Waals surface area contributed by atoms with Crippen LogP contribution in [-0.2, 0) is 11.2 Å². The molecule has 1 aromatic heterocycles. The van der Waals surface area contributed by atoms with E-state index in [0.29, 0.717) is 0 Å². The number of aryl methyl sites for hydroxylation is 1. The van der Waals surface area contributed by atoms with Crippen molar-refractivity contribution in [3.63, 3.8) is 0 Å². The Labute approximate surface area is 128 Å². The van der Waals surface area contributed by atoms with Crippen molar-refractivity contribution in [1.29, 1.82) is 0 Å². The summed E-state index contributed by atoms with van der Waals surface area (Å²) in [6.07, 6.45) is 2.45. The highest BCUT2D eigenvalue weighted by atomic mass is 16.5. The molecule has 1 aliphatic rings. The summed E-state index contributed by atoms with van der Waals surface area (Å²) in [5.41, 5.74) is 1.14. The van der Waals surface area contributed by atoms with Crippen molar-refractivity contribution in [2.75, 3.05) is 29.9 Å². The van der Waals surface area contributed by atoms with Crippen LogP contribution < -0.4 is 10.2 Å². The Bertz CT molecular complexity index is 468. The summed E-state index contributed by atoms with van der Waals surface area (Å²) in [5, 5.41) is 3.37. The van der Waals surface area contributed by atoms with Gasteiger partial charge in [0.05, 0.1) is 12.2 Å². The number of anilines is 2. The third-order valence-electron chi connectivity index (χ3n) is 3.70. The van der Waals surface area contributed by atoms with Crippen LogP contribution >= 0.6 is 0 Å². The molecular formula is C16H28N4O. The van der Waals surface area contributed by atoms with Crippen LogP contribution in [0.1, 0.15) is 45.5 Å². The smallest absolute Gasteiger partial charge is 0.137 e. The summed E-state index contributed by atoms with van der Waals surface area (Å²) in [5.74, 6) is 2.96. The van der Waals surface area contributed by atoms with Gasteiger partial charge in [-0.15, -0.1) is 0 Å². The topological polar surface area (TPSA) is 50.3 Å². The van der Waals surface area contributed by atoms with Crippen molar-refractivity contribution in [2.24, 2.45) is 0 Å². The zero-order valence-corrected chi connectivity index (χ0v) is 13.9. The molecule has 1 aromatic rings. The predicted molar refractivity (Wildman–Crippen MR) is 87.1 cm³/mol. The average Bonchev–Trinajstić information content (AvgIpc) is 2.41. The van der Waals surface area contributed by atoms with Gasteiger partial charge in [-0.05, 0) is 34.1 Å². The summed E-state index contributed by atoms with van der Waals surface area (Å²) in [6.45, 7) is 13.3. The first kappa shape index (κ1) is 16.0. The van der Waals surface area contributed by atoms with Gasteiger partial charge >= 0.3 is 0 Å². The van der Waals surface area contributed by atoms with E-state index in [0.717, 1.165) is 55.5 Å². The number of morpholine rings is 1.